The second-order valence-electron chi connectivity index (χ2n) is 5.48. The van der Waals surface area contributed by atoms with Crippen molar-refractivity contribution in [2.75, 3.05) is 54.0 Å². The van der Waals surface area contributed by atoms with Crippen LogP contribution >= 0.6 is 0 Å². The Hall–Kier alpha value is -2.12. The summed E-state index contributed by atoms with van der Waals surface area (Å²) < 4.78 is 10.4. The van der Waals surface area contributed by atoms with E-state index in [9.17, 15) is 4.79 Å². The highest BCUT2D eigenvalue weighted by Gasteiger charge is 2.16. The number of carbonyl (C=O) groups excluding carboxylic acids is 1. The van der Waals surface area contributed by atoms with Gasteiger partial charge in [0.25, 0.3) is 5.91 Å². The third-order valence-electron chi connectivity index (χ3n) is 3.80. The van der Waals surface area contributed by atoms with Crippen LogP contribution in [0.15, 0.2) is 23.3 Å². The fraction of sp³-hybridized carbons (Fsp3) is 0.500. The fourth-order valence-corrected chi connectivity index (χ4v) is 2.34. The molecule has 126 valence electrons. The van der Waals surface area contributed by atoms with E-state index in [0.29, 0.717) is 18.0 Å². The molecular weight excluding hydrogens is 296 g/mol. The Morgan fingerprint density at radius 1 is 1.26 bits per heavy atom. The standard InChI is InChI=1S/C16H24N4O3/c1-19-6-8-20(9-7-19)12-16(21)18-17-11-13-4-5-14(22-2)10-15(13)23-3/h4-5,10-11H,6-9,12H2,1-3H3,(H,18,21). The molecule has 0 atom stereocenters. The highest BCUT2D eigenvalue weighted by molar-refractivity contribution is 5.86. The van der Waals surface area contributed by atoms with Gasteiger partial charge in [-0.15, -0.1) is 0 Å². The number of likely N-dealkylation sites (N-methyl/N-ethyl adjacent to an activating group) is 1. The third kappa shape index (κ3) is 5.22. The molecule has 0 spiro atoms. The van der Waals surface area contributed by atoms with Crippen molar-refractivity contribution in [3.8, 4) is 11.5 Å². The van der Waals surface area contributed by atoms with E-state index in [-0.39, 0.29) is 5.91 Å². The SMILES string of the molecule is COc1ccc(C=NNC(=O)CN2CCN(C)CC2)c(OC)c1. The number of nitrogens with zero attached hydrogens (tertiary/aromatic N) is 3. The zero-order chi connectivity index (χ0) is 16.7. The van der Waals surface area contributed by atoms with E-state index < -0.39 is 0 Å². The van der Waals surface area contributed by atoms with E-state index in [2.05, 4.69) is 27.4 Å². The highest BCUT2D eigenvalue weighted by atomic mass is 16.5. The molecule has 1 saturated heterocycles. The van der Waals surface area contributed by atoms with E-state index in [1.165, 1.54) is 0 Å². The van der Waals surface area contributed by atoms with Gasteiger partial charge in [-0.2, -0.15) is 5.10 Å². The maximum absolute atomic E-state index is 11.9. The lowest BCUT2D eigenvalue weighted by molar-refractivity contribution is -0.122. The van der Waals surface area contributed by atoms with Gasteiger partial charge in [0.2, 0.25) is 0 Å². The molecule has 1 amide bonds. The number of rotatable bonds is 6. The number of nitrogens with one attached hydrogen (secondary N) is 1. The summed E-state index contributed by atoms with van der Waals surface area (Å²) in [5, 5.41) is 4.00. The first-order chi connectivity index (χ1) is 11.1. The topological polar surface area (TPSA) is 66.4 Å². The minimum absolute atomic E-state index is 0.113. The molecule has 0 radical (unpaired) electrons. The number of hydrazone groups is 1. The van der Waals surface area contributed by atoms with Crippen LogP contribution in [0.5, 0.6) is 11.5 Å². The summed E-state index contributed by atoms with van der Waals surface area (Å²) >= 11 is 0. The molecule has 1 N–H and O–H groups in total. The van der Waals surface area contributed by atoms with Gasteiger partial charge < -0.3 is 14.4 Å². The molecule has 7 heteroatoms. The zero-order valence-corrected chi connectivity index (χ0v) is 13.9. The lowest BCUT2D eigenvalue weighted by Crippen LogP contribution is -2.47. The first-order valence-corrected chi connectivity index (χ1v) is 7.57. The monoisotopic (exact) mass is 320 g/mol. The number of piperazine rings is 1. The second-order valence-corrected chi connectivity index (χ2v) is 5.48. The molecule has 7 nitrogen and oxygen atoms in total. The van der Waals surface area contributed by atoms with Gasteiger partial charge in [0.15, 0.2) is 0 Å². The summed E-state index contributed by atoms with van der Waals surface area (Å²) in [5.74, 6) is 1.23. The Kier molecular flexibility index (Phi) is 6.37. The van der Waals surface area contributed by atoms with Gasteiger partial charge in [-0.05, 0) is 19.2 Å². The Labute approximate surface area is 136 Å². The first-order valence-electron chi connectivity index (χ1n) is 7.57. The predicted molar refractivity (Wildman–Crippen MR) is 89.2 cm³/mol. The number of benzene rings is 1. The van der Waals surface area contributed by atoms with Crippen molar-refractivity contribution < 1.29 is 14.3 Å². The van der Waals surface area contributed by atoms with Gasteiger partial charge in [0.1, 0.15) is 11.5 Å². The molecule has 23 heavy (non-hydrogen) atoms. The normalized spacial score (nSPS) is 16.5. The molecule has 0 saturated carbocycles. The van der Waals surface area contributed by atoms with Gasteiger partial charge in [0.05, 0.1) is 27.0 Å². The van der Waals surface area contributed by atoms with Crippen molar-refractivity contribution in [3.05, 3.63) is 23.8 Å². The number of hydrogen-bond donors (Lipinski definition) is 1. The van der Waals surface area contributed by atoms with Crippen LogP contribution in [0.1, 0.15) is 5.56 Å². The smallest absolute Gasteiger partial charge is 0.254 e. The summed E-state index contributed by atoms with van der Waals surface area (Å²) in [5.41, 5.74) is 3.33. The summed E-state index contributed by atoms with van der Waals surface area (Å²) in [6, 6.07) is 5.41. The van der Waals surface area contributed by atoms with Crippen molar-refractivity contribution in [2.24, 2.45) is 5.10 Å². The molecule has 1 fully saturated rings. The van der Waals surface area contributed by atoms with Crippen molar-refractivity contribution >= 4 is 12.1 Å². The van der Waals surface area contributed by atoms with E-state index in [0.717, 1.165) is 31.7 Å². The summed E-state index contributed by atoms with van der Waals surface area (Å²) in [4.78, 5) is 16.3. The first kappa shape index (κ1) is 17.2. The Morgan fingerprint density at radius 2 is 2.00 bits per heavy atom. The highest BCUT2D eigenvalue weighted by Crippen LogP contribution is 2.22. The van der Waals surface area contributed by atoms with Crippen LogP contribution in [-0.4, -0.2) is 75.9 Å². The van der Waals surface area contributed by atoms with Crippen molar-refractivity contribution in [2.45, 2.75) is 0 Å². The number of methoxy groups -OCH3 is 2. The van der Waals surface area contributed by atoms with Crippen molar-refractivity contribution in [3.63, 3.8) is 0 Å². The largest absolute Gasteiger partial charge is 0.497 e. The quantitative estimate of drug-likeness (QED) is 0.607. The van der Waals surface area contributed by atoms with Crippen LogP contribution in [0.25, 0.3) is 0 Å². The average Bonchev–Trinajstić information content (AvgIpc) is 2.57. The van der Waals surface area contributed by atoms with Gasteiger partial charge in [0, 0.05) is 37.8 Å². The molecule has 1 heterocycles. The van der Waals surface area contributed by atoms with Crippen LogP contribution in [-0.2, 0) is 4.79 Å². The average molecular weight is 320 g/mol. The van der Waals surface area contributed by atoms with E-state index in [4.69, 9.17) is 9.47 Å². The molecule has 0 aromatic heterocycles. The fourth-order valence-electron chi connectivity index (χ4n) is 2.34. The van der Waals surface area contributed by atoms with E-state index >= 15 is 0 Å². The number of carbonyl (C=O) groups is 1. The molecular formula is C16H24N4O3. The molecule has 1 aliphatic rings. The van der Waals surface area contributed by atoms with Crippen molar-refractivity contribution in [1.82, 2.24) is 15.2 Å². The van der Waals surface area contributed by atoms with Crippen LogP contribution in [0.3, 0.4) is 0 Å². The second kappa shape index (κ2) is 8.50. The summed E-state index contributed by atoms with van der Waals surface area (Å²) in [7, 11) is 5.27. The molecule has 1 aliphatic heterocycles. The van der Waals surface area contributed by atoms with E-state index in [1.807, 2.05) is 12.1 Å². The van der Waals surface area contributed by atoms with Gasteiger partial charge in [-0.3, -0.25) is 9.69 Å². The van der Waals surface area contributed by atoms with Gasteiger partial charge in [-0.1, -0.05) is 0 Å². The van der Waals surface area contributed by atoms with Crippen LogP contribution in [0, 0.1) is 0 Å². The Morgan fingerprint density at radius 3 is 2.65 bits per heavy atom. The molecule has 0 aliphatic carbocycles. The lowest BCUT2D eigenvalue weighted by atomic mass is 10.2. The maximum Gasteiger partial charge on any atom is 0.254 e. The van der Waals surface area contributed by atoms with Crippen LogP contribution < -0.4 is 14.9 Å². The third-order valence-corrected chi connectivity index (χ3v) is 3.80. The van der Waals surface area contributed by atoms with Crippen LogP contribution in [0.4, 0.5) is 0 Å². The summed E-state index contributed by atoms with van der Waals surface area (Å²) in [6.45, 7) is 4.14. The minimum Gasteiger partial charge on any atom is -0.497 e. The number of amides is 1. The zero-order valence-electron chi connectivity index (χ0n) is 13.9. The predicted octanol–water partition coefficient (Wildman–Crippen LogP) is 0.401. The molecule has 0 bridgehead atoms. The van der Waals surface area contributed by atoms with E-state index in [1.54, 1.807) is 26.5 Å². The summed E-state index contributed by atoms with van der Waals surface area (Å²) in [6.07, 6.45) is 1.57. The number of hydrogen-bond acceptors (Lipinski definition) is 6. The molecule has 1 aromatic rings. The molecule has 0 unspecified atom stereocenters. The van der Waals surface area contributed by atoms with Crippen molar-refractivity contribution in [1.29, 1.82) is 0 Å². The van der Waals surface area contributed by atoms with Gasteiger partial charge >= 0.3 is 0 Å². The molecule has 1 aromatic carbocycles. The lowest BCUT2D eigenvalue weighted by Gasteiger charge is -2.31. The molecule has 2 rings (SSSR count). The van der Waals surface area contributed by atoms with Gasteiger partial charge in [-0.25, -0.2) is 5.43 Å². The van der Waals surface area contributed by atoms with Crippen LogP contribution in [0.2, 0.25) is 0 Å². The minimum atomic E-state index is -0.113. The maximum atomic E-state index is 11.9. The Balaban J connectivity index is 1.85. The number of ether oxygens (including phenoxy) is 2. The Bertz CT molecular complexity index is 554.